The fourth-order valence-electron chi connectivity index (χ4n) is 2.35. The van der Waals surface area contributed by atoms with E-state index in [2.05, 4.69) is 11.8 Å². The molecule has 0 radical (unpaired) electrons. The number of hydrogen-bond acceptors (Lipinski definition) is 2. The highest BCUT2D eigenvalue weighted by atomic mass is 35.5. The molecule has 1 aliphatic rings. The number of benzene rings is 1. The zero-order chi connectivity index (χ0) is 12.4. The van der Waals surface area contributed by atoms with Crippen LogP contribution in [-0.2, 0) is 0 Å². The Bertz CT molecular complexity index is 427. The second-order valence-corrected chi connectivity index (χ2v) is 4.91. The van der Waals surface area contributed by atoms with E-state index >= 15 is 0 Å². The smallest absolute Gasteiger partial charge is 0.339 e. The Morgan fingerprint density at radius 3 is 2.82 bits per heavy atom. The van der Waals surface area contributed by atoms with Crippen molar-refractivity contribution in [1.82, 2.24) is 0 Å². The predicted molar refractivity (Wildman–Crippen MR) is 69.0 cm³/mol. The molecule has 1 N–H and O–H groups in total. The van der Waals surface area contributed by atoms with E-state index in [0.717, 1.165) is 18.8 Å². The molecule has 0 aliphatic carbocycles. The first kappa shape index (κ1) is 12.2. The van der Waals surface area contributed by atoms with Crippen molar-refractivity contribution < 1.29 is 9.90 Å². The summed E-state index contributed by atoms with van der Waals surface area (Å²) in [4.78, 5) is 13.3. The summed E-state index contributed by atoms with van der Waals surface area (Å²) in [6.07, 6.45) is 2.39. The molecule has 0 saturated carbocycles. The molecule has 3 nitrogen and oxygen atoms in total. The number of anilines is 1. The van der Waals surface area contributed by atoms with E-state index < -0.39 is 5.97 Å². The van der Waals surface area contributed by atoms with Crippen LogP contribution >= 0.6 is 11.6 Å². The molecule has 0 amide bonds. The van der Waals surface area contributed by atoms with Gasteiger partial charge in [-0.15, -0.1) is 0 Å². The normalized spacial score (nSPS) is 15.8. The lowest BCUT2D eigenvalue weighted by molar-refractivity contribution is 0.0697. The van der Waals surface area contributed by atoms with Gasteiger partial charge in [-0.2, -0.15) is 0 Å². The topological polar surface area (TPSA) is 40.5 Å². The van der Waals surface area contributed by atoms with Crippen molar-refractivity contribution >= 4 is 23.3 Å². The quantitative estimate of drug-likeness (QED) is 0.895. The van der Waals surface area contributed by atoms with Crippen molar-refractivity contribution in [2.24, 2.45) is 5.92 Å². The highest BCUT2D eigenvalue weighted by molar-refractivity contribution is 6.34. The molecule has 1 saturated heterocycles. The van der Waals surface area contributed by atoms with E-state index in [0.29, 0.717) is 10.9 Å². The third kappa shape index (κ3) is 2.39. The molecule has 0 bridgehead atoms. The van der Waals surface area contributed by atoms with Crippen molar-refractivity contribution in [3.63, 3.8) is 0 Å². The Labute approximate surface area is 106 Å². The zero-order valence-electron chi connectivity index (χ0n) is 9.82. The number of halogens is 1. The van der Waals surface area contributed by atoms with Crippen LogP contribution in [-0.4, -0.2) is 24.2 Å². The van der Waals surface area contributed by atoms with Crippen molar-refractivity contribution in [3.8, 4) is 0 Å². The first-order valence-electron chi connectivity index (χ1n) is 5.90. The van der Waals surface area contributed by atoms with Gasteiger partial charge in [0.1, 0.15) is 5.56 Å². The van der Waals surface area contributed by atoms with E-state index in [1.165, 1.54) is 12.8 Å². The van der Waals surface area contributed by atoms with E-state index in [1.54, 1.807) is 12.1 Å². The van der Waals surface area contributed by atoms with Gasteiger partial charge in [0.05, 0.1) is 10.7 Å². The van der Waals surface area contributed by atoms with E-state index in [1.807, 2.05) is 6.07 Å². The van der Waals surface area contributed by atoms with Crippen LogP contribution in [0.4, 0.5) is 5.69 Å². The minimum absolute atomic E-state index is 0.226. The molecule has 4 heteroatoms. The summed E-state index contributed by atoms with van der Waals surface area (Å²) >= 11 is 5.94. The van der Waals surface area contributed by atoms with E-state index in [9.17, 15) is 9.90 Å². The molecule has 0 unspecified atom stereocenters. The number of nitrogens with zero attached hydrogens (tertiary/aromatic N) is 1. The molecule has 1 aliphatic heterocycles. The Morgan fingerprint density at radius 1 is 1.53 bits per heavy atom. The van der Waals surface area contributed by atoms with Gasteiger partial charge < -0.3 is 10.0 Å². The van der Waals surface area contributed by atoms with Crippen molar-refractivity contribution in [3.05, 3.63) is 28.8 Å². The first-order chi connectivity index (χ1) is 8.13. The third-order valence-electron chi connectivity index (χ3n) is 3.20. The number of carboxylic acid groups (broad SMARTS) is 1. The van der Waals surface area contributed by atoms with Crippen LogP contribution in [0.25, 0.3) is 0 Å². The third-order valence-corrected chi connectivity index (χ3v) is 3.52. The van der Waals surface area contributed by atoms with Gasteiger partial charge in [0.2, 0.25) is 0 Å². The maximum absolute atomic E-state index is 11.2. The molecular formula is C13H16ClNO2. The molecule has 1 aromatic carbocycles. The zero-order valence-corrected chi connectivity index (χ0v) is 10.6. The highest BCUT2D eigenvalue weighted by Crippen LogP contribution is 2.33. The monoisotopic (exact) mass is 253 g/mol. The van der Waals surface area contributed by atoms with Crippen LogP contribution in [0.15, 0.2) is 18.2 Å². The van der Waals surface area contributed by atoms with Gasteiger partial charge in [-0.1, -0.05) is 31.0 Å². The fraction of sp³-hybridized carbons (Fsp3) is 0.462. The van der Waals surface area contributed by atoms with Gasteiger partial charge in [-0.25, -0.2) is 4.79 Å². The standard InChI is InChI=1S/C13H16ClNO2/c1-2-4-9-7-15(8-9)11-6-3-5-10(14)12(11)13(16)17/h3,5-6,9H,2,4,7-8H2,1H3,(H,16,17). The molecule has 0 atom stereocenters. The van der Waals surface area contributed by atoms with Crippen LogP contribution in [0.3, 0.4) is 0 Å². The van der Waals surface area contributed by atoms with Gasteiger partial charge in [0.25, 0.3) is 0 Å². The van der Waals surface area contributed by atoms with Crippen LogP contribution in [0.1, 0.15) is 30.1 Å². The SMILES string of the molecule is CCCC1CN(c2cccc(Cl)c2C(=O)O)C1. The Hall–Kier alpha value is -1.22. The number of carbonyl (C=O) groups is 1. The molecule has 1 fully saturated rings. The van der Waals surface area contributed by atoms with Crippen LogP contribution < -0.4 is 4.90 Å². The van der Waals surface area contributed by atoms with Gasteiger partial charge in [0, 0.05) is 13.1 Å². The number of rotatable bonds is 4. The lowest BCUT2D eigenvalue weighted by Gasteiger charge is -2.41. The average Bonchev–Trinajstić information content (AvgIpc) is 2.21. The number of aromatic carboxylic acids is 1. The van der Waals surface area contributed by atoms with Gasteiger partial charge >= 0.3 is 5.97 Å². The summed E-state index contributed by atoms with van der Waals surface area (Å²) in [5.74, 6) is -0.259. The van der Waals surface area contributed by atoms with E-state index in [4.69, 9.17) is 11.6 Å². The largest absolute Gasteiger partial charge is 0.478 e. The number of carboxylic acids is 1. The van der Waals surface area contributed by atoms with Gasteiger partial charge in [-0.05, 0) is 24.5 Å². The summed E-state index contributed by atoms with van der Waals surface area (Å²) in [6, 6.07) is 5.26. The second kappa shape index (κ2) is 4.96. The highest BCUT2D eigenvalue weighted by Gasteiger charge is 2.29. The minimum Gasteiger partial charge on any atom is -0.478 e. The average molecular weight is 254 g/mol. The predicted octanol–water partition coefficient (Wildman–Crippen LogP) is 3.27. The summed E-state index contributed by atoms with van der Waals surface area (Å²) in [6.45, 7) is 4.05. The molecular weight excluding hydrogens is 238 g/mol. The summed E-state index contributed by atoms with van der Waals surface area (Å²) < 4.78 is 0. The van der Waals surface area contributed by atoms with Crippen molar-refractivity contribution in [2.75, 3.05) is 18.0 Å². The van der Waals surface area contributed by atoms with Crippen LogP contribution in [0.2, 0.25) is 5.02 Å². The van der Waals surface area contributed by atoms with Crippen LogP contribution in [0, 0.1) is 5.92 Å². The molecule has 1 heterocycles. The molecule has 0 aromatic heterocycles. The van der Waals surface area contributed by atoms with Crippen molar-refractivity contribution in [2.45, 2.75) is 19.8 Å². The second-order valence-electron chi connectivity index (χ2n) is 4.50. The Morgan fingerprint density at radius 2 is 2.24 bits per heavy atom. The lowest BCUT2D eigenvalue weighted by atomic mass is 9.93. The molecule has 17 heavy (non-hydrogen) atoms. The lowest BCUT2D eigenvalue weighted by Crippen LogP contribution is -2.47. The molecule has 92 valence electrons. The molecule has 2 rings (SSSR count). The summed E-state index contributed by atoms with van der Waals surface area (Å²) in [5, 5.41) is 9.49. The van der Waals surface area contributed by atoms with Crippen molar-refractivity contribution in [1.29, 1.82) is 0 Å². The van der Waals surface area contributed by atoms with Crippen LogP contribution in [0.5, 0.6) is 0 Å². The first-order valence-corrected chi connectivity index (χ1v) is 6.28. The molecule has 0 spiro atoms. The minimum atomic E-state index is -0.954. The Balaban J connectivity index is 2.17. The summed E-state index contributed by atoms with van der Waals surface area (Å²) in [5.41, 5.74) is 0.974. The summed E-state index contributed by atoms with van der Waals surface area (Å²) in [7, 11) is 0. The van der Waals surface area contributed by atoms with Gasteiger partial charge in [0.15, 0.2) is 0 Å². The Kier molecular flexibility index (Phi) is 3.57. The maximum Gasteiger partial charge on any atom is 0.339 e. The molecule has 1 aromatic rings. The van der Waals surface area contributed by atoms with Gasteiger partial charge in [-0.3, -0.25) is 0 Å². The maximum atomic E-state index is 11.2. The fourth-order valence-corrected chi connectivity index (χ4v) is 2.60. The van der Waals surface area contributed by atoms with E-state index in [-0.39, 0.29) is 5.56 Å². The number of hydrogen-bond donors (Lipinski definition) is 1.